The molecule has 3 nitrogen and oxygen atoms in total. The number of aromatic nitrogens is 1. The summed E-state index contributed by atoms with van der Waals surface area (Å²) >= 11 is 0. The third kappa shape index (κ3) is 2.60. The second-order valence-corrected chi connectivity index (χ2v) is 4.55. The fourth-order valence-electron chi connectivity index (χ4n) is 2.60. The van der Waals surface area contributed by atoms with Crippen molar-refractivity contribution in [2.75, 3.05) is 13.1 Å². The number of rotatable bonds is 4. The Kier molecular flexibility index (Phi) is 3.91. The van der Waals surface area contributed by atoms with Gasteiger partial charge >= 0.3 is 0 Å². The van der Waals surface area contributed by atoms with Crippen LogP contribution in [0.1, 0.15) is 37.8 Å². The Bertz CT molecular complexity index is 312. The van der Waals surface area contributed by atoms with Gasteiger partial charge in [-0.1, -0.05) is 13.0 Å². The van der Waals surface area contributed by atoms with Gasteiger partial charge in [-0.25, -0.2) is 0 Å². The van der Waals surface area contributed by atoms with E-state index in [0.717, 1.165) is 18.5 Å². The van der Waals surface area contributed by atoms with Crippen LogP contribution in [0.2, 0.25) is 0 Å². The van der Waals surface area contributed by atoms with Gasteiger partial charge in [-0.15, -0.1) is 0 Å². The molecule has 2 N–H and O–H groups in total. The van der Waals surface area contributed by atoms with Crippen molar-refractivity contribution in [1.82, 2.24) is 9.88 Å². The molecular formula is C13H21N3. The lowest BCUT2D eigenvalue weighted by atomic mass is 10.00. The van der Waals surface area contributed by atoms with E-state index in [1.165, 1.54) is 19.4 Å². The summed E-state index contributed by atoms with van der Waals surface area (Å²) in [6.07, 6.45) is 7.35. The molecule has 0 saturated carbocycles. The Morgan fingerprint density at radius 1 is 1.62 bits per heavy atom. The number of nitrogens with two attached hydrogens (primary N) is 1. The molecule has 1 aromatic heterocycles. The molecule has 2 rings (SSSR count). The van der Waals surface area contributed by atoms with E-state index in [0.29, 0.717) is 6.04 Å². The third-order valence-corrected chi connectivity index (χ3v) is 3.54. The van der Waals surface area contributed by atoms with Crippen LogP contribution < -0.4 is 5.73 Å². The fourth-order valence-corrected chi connectivity index (χ4v) is 2.60. The van der Waals surface area contributed by atoms with Gasteiger partial charge in [-0.05, 0) is 44.0 Å². The molecule has 0 radical (unpaired) electrons. The molecule has 1 fully saturated rings. The molecule has 0 aliphatic carbocycles. The Morgan fingerprint density at radius 2 is 2.50 bits per heavy atom. The molecule has 1 aromatic rings. The highest BCUT2D eigenvalue weighted by Gasteiger charge is 2.25. The number of hydrogen-bond acceptors (Lipinski definition) is 3. The molecule has 2 atom stereocenters. The summed E-state index contributed by atoms with van der Waals surface area (Å²) in [5, 5.41) is 0. The Labute approximate surface area is 97.7 Å². The van der Waals surface area contributed by atoms with Crippen LogP contribution in [0, 0.1) is 0 Å². The Balaban J connectivity index is 1.94. The van der Waals surface area contributed by atoms with Crippen molar-refractivity contribution in [1.29, 1.82) is 0 Å². The zero-order valence-electron chi connectivity index (χ0n) is 9.97. The molecular weight excluding hydrogens is 198 g/mol. The number of hydrogen-bond donors (Lipinski definition) is 1. The van der Waals surface area contributed by atoms with E-state index in [-0.39, 0.29) is 6.04 Å². The van der Waals surface area contributed by atoms with Crippen LogP contribution in [-0.2, 0) is 0 Å². The molecule has 1 aliphatic heterocycles. The van der Waals surface area contributed by atoms with Crippen LogP contribution in [0.15, 0.2) is 24.5 Å². The summed E-state index contributed by atoms with van der Waals surface area (Å²) in [6, 6.07) is 4.83. The van der Waals surface area contributed by atoms with Crippen molar-refractivity contribution in [3.05, 3.63) is 30.1 Å². The van der Waals surface area contributed by atoms with E-state index in [9.17, 15) is 0 Å². The van der Waals surface area contributed by atoms with Crippen molar-refractivity contribution < 1.29 is 0 Å². The van der Waals surface area contributed by atoms with Crippen molar-refractivity contribution in [3.8, 4) is 0 Å². The van der Waals surface area contributed by atoms with Crippen molar-refractivity contribution in [2.45, 2.75) is 38.3 Å². The molecule has 3 heteroatoms. The summed E-state index contributed by atoms with van der Waals surface area (Å²) in [5.41, 5.74) is 7.38. The van der Waals surface area contributed by atoms with Crippen molar-refractivity contribution >= 4 is 0 Å². The van der Waals surface area contributed by atoms with Crippen LogP contribution in [0.25, 0.3) is 0 Å². The minimum absolute atomic E-state index is 0.130. The van der Waals surface area contributed by atoms with Gasteiger partial charge in [-0.3, -0.25) is 4.98 Å². The van der Waals surface area contributed by atoms with Crippen molar-refractivity contribution in [3.63, 3.8) is 0 Å². The van der Waals surface area contributed by atoms with Gasteiger partial charge in [0, 0.05) is 24.5 Å². The van der Waals surface area contributed by atoms with Gasteiger partial charge in [-0.2, -0.15) is 0 Å². The highest BCUT2D eigenvalue weighted by Crippen LogP contribution is 2.25. The van der Waals surface area contributed by atoms with E-state index >= 15 is 0 Å². The van der Waals surface area contributed by atoms with E-state index in [1.54, 1.807) is 6.20 Å². The maximum Gasteiger partial charge on any atom is 0.0325 e. The molecule has 2 heterocycles. The highest BCUT2D eigenvalue weighted by molar-refractivity contribution is 5.13. The lowest BCUT2D eigenvalue weighted by Crippen LogP contribution is -2.32. The molecule has 2 unspecified atom stereocenters. The maximum absolute atomic E-state index is 6.23. The first-order valence-electron chi connectivity index (χ1n) is 6.20. The first kappa shape index (κ1) is 11.6. The quantitative estimate of drug-likeness (QED) is 0.841. The van der Waals surface area contributed by atoms with Crippen LogP contribution in [-0.4, -0.2) is 29.0 Å². The van der Waals surface area contributed by atoms with Gasteiger partial charge in [0.2, 0.25) is 0 Å². The molecule has 1 saturated heterocycles. The molecule has 0 bridgehead atoms. The van der Waals surface area contributed by atoms with E-state index in [1.807, 2.05) is 12.3 Å². The first-order chi connectivity index (χ1) is 7.81. The average molecular weight is 219 g/mol. The van der Waals surface area contributed by atoms with Crippen LogP contribution >= 0.6 is 0 Å². The molecule has 0 spiro atoms. The molecule has 1 aliphatic rings. The third-order valence-electron chi connectivity index (χ3n) is 3.54. The van der Waals surface area contributed by atoms with Gasteiger partial charge in [0.05, 0.1) is 0 Å². The Morgan fingerprint density at radius 3 is 3.19 bits per heavy atom. The summed E-state index contributed by atoms with van der Waals surface area (Å²) in [6.45, 7) is 4.61. The van der Waals surface area contributed by atoms with Crippen LogP contribution in [0.3, 0.4) is 0 Å². The van der Waals surface area contributed by atoms with Crippen LogP contribution in [0.5, 0.6) is 0 Å². The smallest absolute Gasteiger partial charge is 0.0325 e. The summed E-state index contributed by atoms with van der Waals surface area (Å²) in [4.78, 5) is 6.66. The minimum atomic E-state index is 0.130. The number of pyridine rings is 1. The second kappa shape index (κ2) is 5.41. The lowest BCUT2D eigenvalue weighted by Gasteiger charge is -2.25. The zero-order chi connectivity index (χ0) is 11.4. The second-order valence-electron chi connectivity index (χ2n) is 4.55. The normalized spacial score (nSPS) is 23.5. The summed E-state index contributed by atoms with van der Waals surface area (Å²) in [7, 11) is 0. The molecule has 88 valence electrons. The predicted molar refractivity (Wildman–Crippen MR) is 66.1 cm³/mol. The molecule has 0 amide bonds. The number of nitrogens with zero attached hydrogens (tertiary/aromatic N) is 2. The zero-order valence-corrected chi connectivity index (χ0v) is 9.97. The first-order valence-corrected chi connectivity index (χ1v) is 6.20. The standard InChI is InChI=1S/C13H21N3/c1-2-16-8-4-6-12(16)9-13(14)11-5-3-7-15-10-11/h3,5,7,10,12-13H,2,4,6,8-9,14H2,1H3. The van der Waals surface area contributed by atoms with E-state index in [2.05, 4.69) is 22.9 Å². The lowest BCUT2D eigenvalue weighted by molar-refractivity contribution is 0.245. The minimum Gasteiger partial charge on any atom is -0.324 e. The summed E-state index contributed by atoms with van der Waals surface area (Å²) < 4.78 is 0. The maximum atomic E-state index is 6.23. The topological polar surface area (TPSA) is 42.1 Å². The van der Waals surface area contributed by atoms with Gasteiger partial charge in [0.1, 0.15) is 0 Å². The Hall–Kier alpha value is -0.930. The summed E-state index contributed by atoms with van der Waals surface area (Å²) in [5.74, 6) is 0. The number of likely N-dealkylation sites (tertiary alicyclic amines) is 1. The van der Waals surface area contributed by atoms with E-state index < -0.39 is 0 Å². The van der Waals surface area contributed by atoms with Gasteiger partial charge in [0.25, 0.3) is 0 Å². The highest BCUT2D eigenvalue weighted by atomic mass is 15.2. The van der Waals surface area contributed by atoms with E-state index in [4.69, 9.17) is 5.73 Å². The largest absolute Gasteiger partial charge is 0.324 e. The fraction of sp³-hybridized carbons (Fsp3) is 0.615. The van der Waals surface area contributed by atoms with Crippen molar-refractivity contribution in [2.24, 2.45) is 5.73 Å². The average Bonchev–Trinajstić information content (AvgIpc) is 2.77. The SMILES string of the molecule is CCN1CCCC1CC(N)c1cccnc1. The van der Waals surface area contributed by atoms with Gasteiger partial charge < -0.3 is 10.6 Å². The van der Waals surface area contributed by atoms with Gasteiger partial charge in [0.15, 0.2) is 0 Å². The van der Waals surface area contributed by atoms with Crippen LogP contribution in [0.4, 0.5) is 0 Å². The molecule has 16 heavy (non-hydrogen) atoms. The molecule has 0 aromatic carbocycles. The predicted octanol–water partition coefficient (Wildman–Crippen LogP) is 1.96. The monoisotopic (exact) mass is 219 g/mol.